The van der Waals surface area contributed by atoms with Crippen molar-refractivity contribution >= 4 is 26.7 Å². The molecule has 2 saturated heterocycles. The summed E-state index contributed by atoms with van der Waals surface area (Å²) in [5.41, 5.74) is -0.456. The number of nitrogens with one attached hydrogen (secondary N) is 1. The molecule has 1 saturated carbocycles. The SMILES string of the molecule is CCCCOc1ccc(C(F)(F)C(NS(=O)(=O)c2ccc3cc(OC4CCCC4)ccc3c2)C(=O)N2C3CCC2CC(C)C3)cc1. The quantitative estimate of drug-likeness (QED) is 0.204. The Kier molecular flexibility index (Phi) is 9.57. The van der Waals surface area contributed by atoms with E-state index >= 15 is 8.78 Å². The predicted molar refractivity (Wildman–Crippen MR) is 174 cm³/mol. The monoisotopic (exact) mass is 654 g/mol. The molecule has 2 heterocycles. The maximum Gasteiger partial charge on any atom is 0.298 e. The molecule has 1 aliphatic carbocycles. The molecule has 0 radical (unpaired) electrons. The van der Waals surface area contributed by atoms with Crippen LogP contribution < -0.4 is 14.2 Å². The molecule has 3 atom stereocenters. The van der Waals surface area contributed by atoms with Gasteiger partial charge in [0.05, 0.1) is 17.6 Å². The van der Waals surface area contributed by atoms with E-state index in [0.717, 1.165) is 56.8 Å². The van der Waals surface area contributed by atoms with Gasteiger partial charge in [-0.3, -0.25) is 4.79 Å². The minimum absolute atomic E-state index is 0.181. The minimum atomic E-state index is -4.54. The van der Waals surface area contributed by atoms with Crippen LogP contribution in [-0.4, -0.2) is 50.1 Å². The number of carbonyl (C=O) groups excluding carboxylic acids is 1. The van der Waals surface area contributed by atoms with Crippen molar-refractivity contribution in [3.63, 3.8) is 0 Å². The summed E-state index contributed by atoms with van der Waals surface area (Å²) in [5, 5.41) is 1.39. The summed E-state index contributed by atoms with van der Waals surface area (Å²) < 4.78 is 74.5. The van der Waals surface area contributed by atoms with Gasteiger partial charge in [-0.15, -0.1) is 0 Å². The average molecular weight is 655 g/mol. The summed E-state index contributed by atoms with van der Waals surface area (Å²) in [6.45, 7) is 4.60. The number of fused-ring (bicyclic) bond motifs is 3. The Morgan fingerprint density at radius 3 is 2.24 bits per heavy atom. The molecule has 0 aromatic heterocycles. The zero-order valence-electron chi connectivity index (χ0n) is 26.6. The number of alkyl halides is 2. The second-order valence-corrected chi connectivity index (χ2v) is 15.0. The van der Waals surface area contributed by atoms with Crippen molar-refractivity contribution in [3.8, 4) is 11.5 Å². The lowest BCUT2D eigenvalue weighted by molar-refractivity contribution is -0.149. The Balaban J connectivity index is 1.29. The lowest BCUT2D eigenvalue weighted by atomic mass is 9.91. The number of amides is 1. The zero-order valence-corrected chi connectivity index (χ0v) is 27.4. The summed E-state index contributed by atoms with van der Waals surface area (Å²) in [7, 11) is -4.54. The maximum absolute atomic E-state index is 16.5. The van der Waals surface area contributed by atoms with Crippen molar-refractivity contribution in [2.24, 2.45) is 5.92 Å². The van der Waals surface area contributed by atoms with E-state index in [1.807, 2.05) is 13.0 Å². The molecule has 3 fully saturated rings. The molecule has 46 heavy (non-hydrogen) atoms. The first-order valence-electron chi connectivity index (χ1n) is 16.7. The third kappa shape index (κ3) is 6.88. The van der Waals surface area contributed by atoms with Crippen molar-refractivity contribution < 1.29 is 31.5 Å². The third-order valence-electron chi connectivity index (χ3n) is 9.81. The van der Waals surface area contributed by atoms with E-state index in [4.69, 9.17) is 9.47 Å². The van der Waals surface area contributed by atoms with Crippen molar-refractivity contribution in [3.05, 3.63) is 66.2 Å². The van der Waals surface area contributed by atoms with Gasteiger partial charge in [0, 0.05) is 17.6 Å². The van der Waals surface area contributed by atoms with Gasteiger partial charge in [-0.25, -0.2) is 8.42 Å². The number of sulfonamides is 1. The third-order valence-corrected chi connectivity index (χ3v) is 11.2. The maximum atomic E-state index is 16.5. The molecule has 7 nitrogen and oxygen atoms in total. The van der Waals surface area contributed by atoms with Crippen molar-refractivity contribution in [2.75, 3.05) is 6.61 Å². The van der Waals surface area contributed by atoms with Crippen LogP contribution in [0.4, 0.5) is 8.78 Å². The zero-order chi connectivity index (χ0) is 32.5. The van der Waals surface area contributed by atoms with Crippen molar-refractivity contribution in [2.45, 2.75) is 113 Å². The van der Waals surface area contributed by atoms with Gasteiger partial charge in [0.15, 0.2) is 6.04 Å². The highest BCUT2D eigenvalue weighted by Crippen LogP contribution is 2.42. The molecule has 2 aliphatic heterocycles. The molecule has 248 valence electrons. The van der Waals surface area contributed by atoms with Crippen LogP contribution in [0.15, 0.2) is 65.6 Å². The van der Waals surface area contributed by atoms with E-state index in [9.17, 15) is 13.2 Å². The predicted octanol–water partition coefficient (Wildman–Crippen LogP) is 7.57. The van der Waals surface area contributed by atoms with Crippen LogP contribution >= 0.6 is 0 Å². The van der Waals surface area contributed by atoms with Gasteiger partial charge in [0.1, 0.15) is 11.5 Å². The summed E-state index contributed by atoms with van der Waals surface area (Å²) >= 11 is 0. The molecule has 0 spiro atoms. The molecule has 3 aromatic carbocycles. The summed E-state index contributed by atoms with van der Waals surface area (Å²) in [6, 6.07) is 12.5. The van der Waals surface area contributed by atoms with E-state index in [1.165, 1.54) is 41.3 Å². The first-order valence-corrected chi connectivity index (χ1v) is 18.2. The van der Waals surface area contributed by atoms with Gasteiger partial charge in [0.25, 0.3) is 5.92 Å². The van der Waals surface area contributed by atoms with Crippen LogP contribution in [0.25, 0.3) is 10.8 Å². The molecule has 1 amide bonds. The fraction of sp³-hybridized carbons (Fsp3) is 0.528. The summed E-state index contributed by atoms with van der Waals surface area (Å²) in [6.07, 6.45) is 9.16. The number of rotatable bonds is 12. The van der Waals surface area contributed by atoms with E-state index in [1.54, 1.807) is 18.2 Å². The van der Waals surface area contributed by atoms with E-state index < -0.39 is 33.5 Å². The topological polar surface area (TPSA) is 84.9 Å². The molecular weight excluding hydrogens is 610 g/mol. The lowest BCUT2D eigenvalue weighted by Crippen LogP contribution is -2.59. The molecule has 6 rings (SSSR count). The first kappa shape index (κ1) is 32.7. The van der Waals surface area contributed by atoms with Crippen molar-refractivity contribution in [1.29, 1.82) is 0 Å². The number of benzene rings is 3. The number of carbonyl (C=O) groups is 1. The number of unbranched alkanes of at least 4 members (excludes halogenated alkanes) is 1. The van der Waals surface area contributed by atoms with Gasteiger partial charge >= 0.3 is 0 Å². The van der Waals surface area contributed by atoms with Crippen LogP contribution in [0.1, 0.15) is 83.6 Å². The number of halogens is 2. The molecular formula is C36H44F2N2O5S. The molecule has 3 aromatic rings. The van der Waals surface area contributed by atoms with Gasteiger partial charge in [-0.2, -0.15) is 13.5 Å². The van der Waals surface area contributed by atoms with Gasteiger partial charge in [0.2, 0.25) is 15.9 Å². The number of nitrogens with zero attached hydrogens (tertiary/aromatic N) is 1. The fourth-order valence-corrected chi connectivity index (χ4v) is 8.60. The molecule has 3 unspecified atom stereocenters. The average Bonchev–Trinajstić information content (AvgIpc) is 3.65. The molecule has 10 heteroatoms. The lowest BCUT2D eigenvalue weighted by Gasteiger charge is -2.41. The highest BCUT2D eigenvalue weighted by atomic mass is 32.2. The number of piperidine rings is 1. The van der Waals surface area contributed by atoms with Crippen LogP contribution in [0, 0.1) is 5.92 Å². The molecule has 1 N–H and O–H groups in total. The summed E-state index contributed by atoms with van der Waals surface area (Å²) in [4.78, 5) is 15.5. The number of ether oxygens (including phenoxy) is 2. The Labute approximate surface area is 270 Å². The van der Waals surface area contributed by atoms with E-state index in [-0.39, 0.29) is 23.1 Å². The Morgan fingerprint density at radius 1 is 0.935 bits per heavy atom. The van der Waals surface area contributed by atoms with Gasteiger partial charge in [-0.1, -0.05) is 32.4 Å². The Hall–Kier alpha value is -3.24. The van der Waals surface area contributed by atoms with Crippen LogP contribution in [0.2, 0.25) is 0 Å². The second-order valence-electron chi connectivity index (χ2n) is 13.3. The van der Waals surface area contributed by atoms with Crippen LogP contribution in [0.3, 0.4) is 0 Å². The Morgan fingerprint density at radius 2 is 1.57 bits per heavy atom. The van der Waals surface area contributed by atoms with Gasteiger partial charge < -0.3 is 14.4 Å². The van der Waals surface area contributed by atoms with Crippen molar-refractivity contribution in [1.82, 2.24) is 9.62 Å². The molecule has 3 aliphatic rings. The van der Waals surface area contributed by atoms with E-state index in [0.29, 0.717) is 42.3 Å². The number of hydrogen-bond donors (Lipinski definition) is 1. The first-order chi connectivity index (χ1) is 22.0. The Bertz CT molecular complexity index is 1630. The molecule has 2 bridgehead atoms. The summed E-state index contributed by atoms with van der Waals surface area (Å²) in [5.74, 6) is -3.19. The normalized spacial score (nSPS) is 22.7. The number of hydrogen-bond acceptors (Lipinski definition) is 5. The highest BCUT2D eigenvalue weighted by Gasteiger charge is 2.53. The second kappa shape index (κ2) is 13.5. The highest BCUT2D eigenvalue weighted by molar-refractivity contribution is 7.89. The fourth-order valence-electron chi connectivity index (χ4n) is 7.38. The smallest absolute Gasteiger partial charge is 0.298 e. The van der Waals surface area contributed by atoms with Gasteiger partial charge in [-0.05, 0) is 123 Å². The van der Waals surface area contributed by atoms with Crippen LogP contribution in [0.5, 0.6) is 11.5 Å². The standard InChI is InChI=1S/C36H44F2N2O5S/c1-3-4-19-44-30-16-11-27(12-17-30)36(37,38)34(35(41)40-28-13-14-29(40)21-24(2)20-28)39-46(42,43)33-18-10-25-22-32(15-9-26(25)23-33)45-31-7-5-6-8-31/h9-12,15-18,22-24,28-29,31,34,39H,3-8,13-14,19-21H2,1-2H3. The van der Waals surface area contributed by atoms with Crippen LogP contribution in [-0.2, 0) is 20.7 Å². The van der Waals surface area contributed by atoms with E-state index in [2.05, 4.69) is 11.6 Å². The minimum Gasteiger partial charge on any atom is -0.494 e. The largest absolute Gasteiger partial charge is 0.494 e.